The summed E-state index contributed by atoms with van der Waals surface area (Å²) in [5, 5.41) is 3.10. The van der Waals surface area contributed by atoms with E-state index < -0.39 is 0 Å². The van der Waals surface area contributed by atoms with Crippen molar-refractivity contribution in [3.05, 3.63) is 21.9 Å². The van der Waals surface area contributed by atoms with Gasteiger partial charge in [-0.3, -0.25) is 4.79 Å². The predicted octanol–water partition coefficient (Wildman–Crippen LogP) is 2.66. The van der Waals surface area contributed by atoms with Crippen molar-refractivity contribution in [1.29, 1.82) is 0 Å². The van der Waals surface area contributed by atoms with E-state index >= 15 is 0 Å². The zero-order chi connectivity index (χ0) is 12.3. The van der Waals surface area contributed by atoms with Crippen LogP contribution in [0.5, 0.6) is 0 Å². The molecule has 0 bridgehead atoms. The molecule has 1 amide bonds. The number of carbonyl (C=O) groups excluding carboxylic acids is 1. The van der Waals surface area contributed by atoms with Gasteiger partial charge in [0.1, 0.15) is 0 Å². The van der Waals surface area contributed by atoms with Gasteiger partial charge < -0.3 is 10.1 Å². The van der Waals surface area contributed by atoms with E-state index in [1.54, 1.807) is 11.3 Å². The van der Waals surface area contributed by atoms with E-state index in [2.05, 4.69) is 24.4 Å². The molecule has 1 N–H and O–H groups in total. The molecule has 1 aromatic heterocycles. The molecule has 17 heavy (non-hydrogen) atoms. The van der Waals surface area contributed by atoms with Crippen LogP contribution in [0, 0.1) is 12.8 Å². The molecule has 0 aliphatic carbocycles. The van der Waals surface area contributed by atoms with Crippen LogP contribution in [0.1, 0.15) is 35.6 Å². The van der Waals surface area contributed by atoms with Gasteiger partial charge in [0, 0.05) is 28.9 Å². The largest absolute Gasteiger partial charge is 0.381 e. The van der Waals surface area contributed by atoms with E-state index in [4.69, 9.17) is 4.74 Å². The molecule has 1 aromatic rings. The first-order valence-corrected chi connectivity index (χ1v) is 6.93. The Balaban J connectivity index is 1.89. The number of ether oxygens (including phenoxy) is 1. The first-order valence-electron chi connectivity index (χ1n) is 6.11. The second-order valence-electron chi connectivity index (χ2n) is 4.57. The highest BCUT2D eigenvalue weighted by atomic mass is 32.1. The maximum absolute atomic E-state index is 12.0. The Morgan fingerprint density at radius 2 is 2.18 bits per heavy atom. The van der Waals surface area contributed by atoms with Gasteiger partial charge in [0.05, 0.1) is 6.04 Å². The van der Waals surface area contributed by atoms with Crippen LogP contribution in [-0.4, -0.2) is 19.1 Å². The third kappa shape index (κ3) is 3.30. The van der Waals surface area contributed by atoms with E-state index in [-0.39, 0.29) is 17.9 Å². The topological polar surface area (TPSA) is 38.3 Å². The van der Waals surface area contributed by atoms with Gasteiger partial charge >= 0.3 is 0 Å². The number of hydrogen-bond donors (Lipinski definition) is 1. The number of nitrogens with one attached hydrogen (secondary N) is 1. The molecule has 0 radical (unpaired) electrons. The van der Waals surface area contributed by atoms with Gasteiger partial charge in [-0.2, -0.15) is 0 Å². The van der Waals surface area contributed by atoms with E-state index in [0.29, 0.717) is 13.2 Å². The molecular weight excluding hydrogens is 234 g/mol. The number of amides is 1. The molecule has 0 aromatic carbocycles. The number of carbonyl (C=O) groups is 1. The lowest BCUT2D eigenvalue weighted by Gasteiger charge is -2.23. The maximum atomic E-state index is 12.0. The molecule has 2 heterocycles. The Morgan fingerprint density at radius 1 is 1.47 bits per heavy atom. The van der Waals surface area contributed by atoms with Crippen LogP contribution >= 0.6 is 11.3 Å². The Kier molecular flexibility index (Phi) is 4.18. The molecule has 94 valence electrons. The maximum Gasteiger partial charge on any atom is 0.223 e. The molecule has 4 heteroatoms. The number of aryl methyl sites for hydroxylation is 1. The van der Waals surface area contributed by atoms with Crippen LogP contribution in [0.25, 0.3) is 0 Å². The molecule has 0 saturated carbocycles. The third-order valence-corrected chi connectivity index (χ3v) is 4.32. The Morgan fingerprint density at radius 3 is 2.76 bits per heavy atom. The van der Waals surface area contributed by atoms with Gasteiger partial charge in [-0.25, -0.2) is 0 Å². The quantitative estimate of drug-likeness (QED) is 0.899. The summed E-state index contributed by atoms with van der Waals surface area (Å²) in [6, 6.07) is 4.30. The molecule has 1 aliphatic heterocycles. The normalized spacial score (nSPS) is 18.9. The first kappa shape index (κ1) is 12.6. The van der Waals surface area contributed by atoms with Gasteiger partial charge in [0.15, 0.2) is 0 Å². The van der Waals surface area contributed by atoms with Crippen molar-refractivity contribution in [1.82, 2.24) is 5.32 Å². The standard InChI is InChI=1S/C13H19NO2S/c1-9-3-4-12(17-9)10(2)14-13(15)11-5-7-16-8-6-11/h3-4,10-11H,5-8H2,1-2H3,(H,14,15). The fourth-order valence-electron chi connectivity index (χ4n) is 2.05. The summed E-state index contributed by atoms with van der Waals surface area (Å²) in [6.07, 6.45) is 1.70. The summed E-state index contributed by atoms with van der Waals surface area (Å²) >= 11 is 1.75. The number of thiophene rings is 1. The molecule has 3 nitrogen and oxygen atoms in total. The molecule has 1 aliphatic rings. The summed E-state index contributed by atoms with van der Waals surface area (Å²) < 4.78 is 5.26. The zero-order valence-corrected chi connectivity index (χ0v) is 11.2. The minimum atomic E-state index is 0.115. The van der Waals surface area contributed by atoms with Crippen LogP contribution < -0.4 is 5.32 Å². The van der Waals surface area contributed by atoms with Gasteiger partial charge in [-0.1, -0.05) is 0 Å². The van der Waals surface area contributed by atoms with Crippen molar-refractivity contribution in [3.63, 3.8) is 0 Å². The molecule has 1 fully saturated rings. The first-order chi connectivity index (χ1) is 8.16. The van der Waals surface area contributed by atoms with Crippen molar-refractivity contribution in [2.24, 2.45) is 5.92 Å². The minimum absolute atomic E-state index is 0.115. The van der Waals surface area contributed by atoms with Gasteiger partial charge in [0.2, 0.25) is 5.91 Å². The van der Waals surface area contributed by atoms with Gasteiger partial charge in [-0.15, -0.1) is 11.3 Å². The van der Waals surface area contributed by atoms with Gasteiger partial charge in [-0.05, 0) is 38.8 Å². The minimum Gasteiger partial charge on any atom is -0.381 e. The average molecular weight is 253 g/mol. The molecule has 1 unspecified atom stereocenters. The van der Waals surface area contributed by atoms with Crippen molar-refractivity contribution in [2.75, 3.05) is 13.2 Å². The summed E-state index contributed by atoms with van der Waals surface area (Å²) in [7, 11) is 0. The van der Waals surface area contributed by atoms with Crippen LogP contribution in [0.4, 0.5) is 0 Å². The Hall–Kier alpha value is -0.870. The second-order valence-corrected chi connectivity index (χ2v) is 5.88. The molecule has 1 atom stereocenters. The van der Waals surface area contributed by atoms with Crippen molar-refractivity contribution < 1.29 is 9.53 Å². The molecule has 1 saturated heterocycles. The number of hydrogen-bond acceptors (Lipinski definition) is 3. The highest BCUT2D eigenvalue weighted by Crippen LogP contribution is 2.23. The molecule has 0 spiro atoms. The fourth-order valence-corrected chi connectivity index (χ4v) is 2.93. The van der Waals surface area contributed by atoms with E-state index in [1.807, 2.05) is 6.92 Å². The molecule has 2 rings (SSSR count). The lowest BCUT2D eigenvalue weighted by Crippen LogP contribution is -2.35. The fraction of sp³-hybridized carbons (Fsp3) is 0.615. The molecular formula is C13H19NO2S. The van der Waals surface area contributed by atoms with Crippen LogP contribution in [0.3, 0.4) is 0 Å². The number of rotatable bonds is 3. The monoisotopic (exact) mass is 253 g/mol. The smallest absolute Gasteiger partial charge is 0.223 e. The summed E-state index contributed by atoms with van der Waals surface area (Å²) in [5.74, 6) is 0.305. The van der Waals surface area contributed by atoms with Crippen LogP contribution in [0.2, 0.25) is 0 Å². The highest BCUT2D eigenvalue weighted by Gasteiger charge is 2.23. The lowest BCUT2D eigenvalue weighted by atomic mass is 9.99. The SMILES string of the molecule is Cc1ccc(C(C)NC(=O)C2CCOCC2)s1. The Labute approximate surface area is 106 Å². The zero-order valence-electron chi connectivity index (χ0n) is 10.4. The van der Waals surface area contributed by atoms with Crippen molar-refractivity contribution in [3.8, 4) is 0 Å². The van der Waals surface area contributed by atoms with Crippen molar-refractivity contribution in [2.45, 2.75) is 32.7 Å². The Bertz CT molecular complexity index is 383. The summed E-state index contributed by atoms with van der Waals surface area (Å²) in [6.45, 7) is 5.55. The van der Waals surface area contributed by atoms with Crippen molar-refractivity contribution >= 4 is 17.2 Å². The second kappa shape index (κ2) is 5.65. The van der Waals surface area contributed by atoms with E-state index in [1.165, 1.54) is 9.75 Å². The van der Waals surface area contributed by atoms with Gasteiger partial charge in [0.25, 0.3) is 0 Å². The van der Waals surface area contributed by atoms with Crippen LogP contribution in [-0.2, 0) is 9.53 Å². The average Bonchev–Trinajstić information content (AvgIpc) is 2.77. The van der Waals surface area contributed by atoms with E-state index in [0.717, 1.165) is 12.8 Å². The highest BCUT2D eigenvalue weighted by molar-refractivity contribution is 7.12. The lowest BCUT2D eigenvalue weighted by molar-refractivity contribution is -0.128. The van der Waals surface area contributed by atoms with E-state index in [9.17, 15) is 4.79 Å². The third-order valence-electron chi connectivity index (χ3n) is 3.14. The predicted molar refractivity (Wildman–Crippen MR) is 69.2 cm³/mol. The summed E-state index contributed by atoms with van der Waals surface area (Å²) in [4.78, 5) is 14.5. The van der Waals surface area contributed by atoms with Crippen LogP contribution in [0.15, 0.2) is 12.1 Å². The summed E-state index contributed by atoms with van der Waals surface area (Å²) in [5.41, 5.74) is 0.